The van der Waals surface area contributed by atoms with Gasteiger partial charge in [-0.15, -0.1) is 0 Å². The van der Waals surface area contributed by atoms with Gasteiger partial charge in [-0.25, -0.2) is 0 Å². The highest BCUT2D eigenvalue weighted by Gasteiger charge is 2.42. The van der Waals surface area contributed by atoms with Crippen LogP contribution in [-0.4, -0.2) is 16.1 Å². The summed E-state index contributed by atoms with van der Waals surface area (Å²) in [7, 11) is 0. The van der Waals surface area contributed by atoms with Gasteiger partial charge in [0.05, 0.1) is 6.04 Å². The number of nitrogens with zero attached hydrogens (tertiary/aromatic N) is 1. The maximum atomic E-state index is 12.8. The highest BCUT2D eigenvalue weighted by atomic mass is 16.5. The molecule has 1 aromatic heterocycles. The van der Waals surface area contributed by atoms with Crippen LogP contribution in [0.4, 0.5) is 0 Å². The summed E-state index contributed by atoms with van der Waals surface area (Å²) in [5.41, 5.74) is 1.09. The molecule has 0 saturated heterocycles. The Morgan fingerprint density at radius 1 is 1.22 bits per heavy atom. The number of amides is 1. The number of aryl methyl sites for hydroxylation is 1. The highest BCUT2D eigenvalue weighted by molar-refractivity contribution is 5.94. The molecule has 4 rings (SSSR count). The topological polar surface area (TPSA) is 60.3 Å². The fourth-order valence-corrected chi connectivity index (χ4v) is 4.40. The molecule has 2 aromatic rings. The van der Waals surface area contributed by atoms with Crippen molar-refractivity contribution >= 4 is 5.91 Å². The van der Waals surface area contributed by atoms with Gasteiger partial charge in [-0.3, -0.25) is 9.59 Å². The van der Waals surface area contributed by atoms with E-state index in [-0.39, 0.29) is 23.1 Å². The van der Waals surface area contributed by atoms with Crippen LogP contribution in [-0.2, 0) is 6.54 Å². The standard InChI is InChI=1S/C22H26N2O3/c1-2-24-13-10-16(14-20(24)25)21(26)23-18-15-22(11-6-3-7-12-22)27-19-9-5-4-8-17(18)19/h4-5,8-10,13-14,18H,2-3,6-7,11-12,15H2,1H3,(H,23,26)/t18-/m0/s1. The summed E-state index contributed by atoms with van der Waals surface area (Å²) in [5, 5.41) is 3.16. The summed E-state index contributed by atoms with van der Waals surface area (Å²) in [6.07, 6.45) is 8.09. The molecule has 27 heavy (non-hydrogen) atoms. The molecular weight excluding hydrogens is 340 g/mol. The number of hydrogen-bond donors (Lipinski definition) is 1. The third kappa shape index (κ3) is 3.51. The van der Waals surface area contributed by atoms with Crippen LogP contribution in [0.1, 0.15) is 67.4 Å². The van der Waals surface area contributed by atoms with E-state index in [0.29, 0.717) is 12.1 Å². The summed E-state index contributed by atoms with van der Waals surface area (Å²) >= 11 is 0. The van der Waals surface area contributed by atoms with E-state index < -0.39 is 0 Å². The minimum absolute atomic E-state index is 0.103. The second-order valence-corrected chi connectivity index (χ2v) is 7.65. The molecule has 1 amide bonds. The largest absolute Gasteiger partial charge is 0.487 e. The summed E-state index contributed by atoms with van der Waals surface area (Å²) < 4.78 is 8.00. The molecule has 0 unspecified atom stereocenters. The fraction of sp³-hybridized carbons (Fsp3) is 0.455. The van der Waals surface area contributed by atoms with Gasteiger partial charge in [-0.05, 0) is 44.7 Å². The molecular formula is C22H26N2O3. The lowest BCUT2D eigenvalue weighted by atomic mass is 9.77. The number of carbonyl (C=O) groups is 1. The van der Waals surface area contributed by atoms with Crippen molar-refractivity contribution < 1.29 is 9.53 Å². The van der Waals surface area contributed by atoms with Gasteiger partial charge in [0, 0.05) is 36.4 Å². The summed E-state index contributed by atoms with van der Waals surface area (Å²) in [6, 6.07) is 11.0. The van der Waals surface area contributed by atoms with Crippen LogP contribution in [0.2, 0.25) is 0 Å². The minimum Gasteiger partial charge on any atom is -0.487 e. The summed E-state index contributed by atoms with van der Waals surface area (Å²) in [5.74, 6) is 0.667. The van der Waals surface area contributed by atoms with E-state index in [4.69, 9.17) is 4.74 Å². The number of hydrogen-bond acceptors (Lipinski definition) is 3. The zero-order valence-electron chi connectivity index (χ0n) is 15.7. The van der Waals surface area contributed by atoms with Crippen LogP contribution in [0.25, 0.3) is 0 Å². The van der Waals surface area contributed by atoms with E-state index in [1.807, 2.05) is 31.2 Å². The Morgan fingerprint density at radius 3 is 2.74 bits per heavy atom. The van der Waals surface area contributed by atoms with Crippen LogP contribution in [0.5, 0.6) is 5.75 Å². The average Bonchev–Trinajstić information content (AvgIpc) is 2.68. The smallest absolute Gasteiger partial charge is 0.252 e. The monoisotopic (exact) mass is 366 g/mol. The van der Waals surface area contributed by atoms with Crippen molar-refractivity contribution in [1.29, 1.82) is 0 Å². The predicted molar refractivity (Wildman–Crippen MR) is 104 cm³/mol. The zero-order valence-corrected chi connectivity index (χ0v) is 15.7. The van der Waals surface area contributed by atoms with Crippen LogP contribution >= 0.6 is 0 Å². The molecule has 142 valence electrons. The number of pyridine rings is 1. The van der Waals surface area contributed by atoms with E-state index in [1.165, 1.54) is 12.5 Å². The maximum Gasteiger partial charge on any atom is 0.252 e. The van der Waals surface area contributed by atoms with Crippen molar-refractivity contribution in [2.75, 3.05) is 0 Å². The second-order valence-electron chi connectivity index (χ2n) is 7.65. The first-order valence-corrected chi connectivity index (χ1v) is 9.89. The molecule has 1 fully saturated rings. The predicted octanol–water partition coefficient (Wildman–Crippen LogP) is 3.82. The SMILES string of the molecule is CCn1ccc(C(=O)N[C@H]2CC3(CCCCC3)Oc3ccccc32)cc1=O. The van der Waals surface area contributed by atoms with E-state index in [0.717, 1.165) is 43.4 Å². The van der Waals surface area contributed by atoms with Crippen molar-refractivity contribution in [2.45, 2.75) is 63.6 Å². The van der Waals surface area contributed by atoms with Crippen molar-refractivity contribution in [3.8, 4) is 5.75 Å². The minimum atomic E-state index is -0.206. The van der Waals surface area contributed by atoms with Gasteiger partial charge in [-0.2, -0.15) is 0 Å². The molecule has 5 nitrogen and oxygen atoms in total. The average molecular weight is 366 g/mol. The lowest BCUT2D eigenvalue weighted by molar-refractivity contribution is -0.00210. The van der Waals surface area contributed by atoms with Gasteiger partial charge >= 0.3 is 0 Å². The Labute approximate surface area is 159 Å². The molecule has 0 radical (unpaired) electrons. The molecule has 1 saturated carbocycles. The van der Waals surface area contributed by atoms with Gasteiger partial charge in [0.2, 0.25) is 0 Å². The number of ether oxygens (including phenoxy) is 1. The molecule has 2 heterocycles. The lowest BCUT2D eigenvalue weighted by Crippen LogP contribution is -2.46. The normalized spacial score (nSPS) is 20.6. The molecule has 1 aromatic carbocycles. The van der Waals surface area contributed by atoms with Gasteiger partial charge < -0.3 is 14.6 Å². The Balaban J connectivity index is 1.61. The molecule has 1 aliphatic heterocycles. The van der Waals surface area contributed by atoms with Crippen molar-refractivity contribution in [3.63, 3.8) is 0 Å². The molecule has 1 N–H and O–H groups in total. The molecule has 1 atom stereocenters. The highest BCUT2D eigenvalue weighted by Crippen LogP contribution is 2.46. The fourth-order valence-electron chi connectivity index (χ4n) is 4.40. The van der Waals surface area contributed by atoms with Crippen molar-refractivity contribution in [1.82, 2.24) is 9.88 Å². The number of rotatable bonds is 3. The number of para-hydroxylation sites is 1. The summed E-state index contributed by atoms with van der Waals surface area (Å²) in [6.45, 7) is 2.50. The van der Waals surface area contributed by atoms with Crippen LogP contribution in [0, 0.1) is 0 Å². The van der Waals surface area contributed by atoms with E-state index in [9.17, 15) is 9.59 Å². The molecule has 2 aliphatic rings. The number of fused-ring (bicyclic) bond motifs is 1. The van der Waals surface area contributed by atoms with E-state index in [1.54, 1.807) is 16.8 Å². The Bertz CT molecular complexity index is 896. The number of benzene rings is 1. The van der Waals surface area contributed by atoms with E-state index in [2.05, 4.69) is 5.32 Å². The number of aromatic nitrogens is 1. The lowest BCUT2D eigenvalue weighted by Gasteiger charge is -2.44. The van der Waals surface area contributed by atoms with Crippen LogP contribution in [0.15, 0.2) is 47.4 Å². The Morgan fingerprint density at radius 2 is 2.00 bits per heavy atom. The second kappa shape index (κ2) is 7.22. The van der Waals surface area contributed by atoms with Crippen molar-refractivity contribution in [2.24, 2.45) is 0 Å². The van der Waals surface area contributed by atoms with Crippen LogP contribution < -0.4 is 15.6 Å². The van der Waals surface area contributed by atoms with E-state index >= 15 is 0 Å². The van der Waals surface area contributed by atoms with Crippen LogP contribution in [0.3, 0.4) is 0 Å². The number of nitrogens with one attached hydrogen (secondary N) is 1. The third-order valence-corrected chi connectivity index (χ3v) is 5.87. The first kappa shape index (κ1) is 17.8. The third-order valence-electron chi connectivity index (χ3n) is 5.87. The molecule has 1 spiro atoms. The zero-order chi connectivity index (χ0) is 18.9. The summed E-state index contributed by atoms with van der Waals surface area (Å²) in [4.78, 5) is 24.9. The maximum absolute atomic E-state index is 12.8. The molecule has 0 bridgehead atoms. The first-order valence-electron chi connectivity index (χ1n) is 9.89. The molecule has 1 aliphatic carbocycles. The Kier molecular flexibility index (Phi) is 4.77. The van der Waals surface area contributed by atoms with Gasteiger partial charge in [0.1, 0.15) is 11.4 Å². The van der Waals surface area contributed by atoms with Gasteiger partial charge in [0.25, 0.3) is 11.5 Å². The Hall–Kier alpha value is -2.56. The quantitative estimate of drug-likeness (QED) is 0.898. The first-order chi connectivity index (χ1) is 13.1. The molecule has 5 heteroatoms. The van der Waals surface area contributed by atoms with Crippen molar-refractivity contribution in [3.05, 3.63) is 64.1 Å². The van der Waals surface area contributed by atoms with Gasteiger partial charge in [-0.1, -0.05) is 24.6 Å². The van der Waals surface area contributed by atoms with Gasteiger partial charge in [0.15, 0.2) is 0 Å². The number of carbonyl (C=O) groups excluding carboxylic acids is 1.